The van der Waals surface area contributed by atoms with Crippen LogP contribution in [0.5, 0.6) is 0 Å². The minimum Gasteiger partial charge on any atom is -0.481 e. The Morgan fingerprint density at radius 3 is 2.38 bits per heavy atom. The molecule has 0 spiro atoms. The molecule has 0 aliphatic carbocycles. The Kier molecular flexibility index (Phi) is 5.12. The van der Waals surface area contributed by atoms with Gasteiger partial charge in [-0.05, 0) is 18.2 Å². The monoisotopic (exact) mass is 340 g/mol. The fourth-order valence-corrected chi connectivity index (χ4v) is 2.91. The fraction of sp³-hybridized carbons (Fsp3) is 0.300. The van der Waals surface area contributed by atoms with Gasteiger partial charge >= 0.3 is 5.97 Å². The number of anilines is 2. The van der Waals surface area contributed by atoms with Crippen LogP contribution in [0.1, 0.15) is 6.42 Å². The molecule has 1 aromatic rings. The van der Waals surface area contributed by atoms with Crippen molar-refractivity contribution in [2.45, 2.75) is 6.42 Å². The van der Waals surface area contributed by atoms with Gasteiger partial charge in [0.25, 0.3) is 0 Å². The number of halogens is 1. The maximum atomic E-state index is 13.4. The zero-order valence-corrected chi connectivity index (χ0v) is 12.5. The van der Waals surface area contributed by atoms with E-state index in [1.54, 1.807) is 0 Å². The number of carboxylic acids is 1. The zero-order chi connectivity index (χ0) is 16.3. The van der Waals surface area contributed by atoms with Crippen molar-refractivity contribution in [3.05, 3.63) is 24.0 Å². The number of carboxylic acid groups (broad SMARTS) is 1. The van der Waals surface area contributed by atoms with Crippen molar-refractivity contribution in [1.29, 1.82) is 0 Å². The van der Waals surface area contributed by atoms with Gasteiger partial charge in [0.05, 0.1) is 29.8 Å². The Bertz CT molecular complexity index is 745. The Morgan fingerprint density at radius 2 is 1.86 bits per heavy atom. The van der Waals surface area contributed by atoms with Gasteiger partial charge in [-0.1, -0.05) is 0 Å². The molecule has 118 valence electrons. The van der Waals surface area contributed by atoms with E-state index in [0.29, 0.717) is 0 Å². The van der Waals surface area contributed by atoms with Gasteiger partial charge in [0.2, 0.25) is 20.0 Å². The summed E-state index contributed by atoms with van der Waals surface area (Å²) in [5, 5.41) is 8.43. The smallest absolute Gasteiger partial charge is 0.304 e. The van der Waals surface area contributed by atoms with Gasteiger partial charge in [0.15, 0.2) is 0 Å². The summed E-state index contributed by atoms with van der Waals surface area (Å²) in [4.78, 5) is 10.3. The molecule has 1 rings (SSSR count). The number of rotatable bonds is 7. The Labute approximate surface area is 121 Å². The first kappa shape index (κ1) is 17.2. The quantitative estimate of drug-likeness (QED) is 0.659. The molecule has 0 bridgehead atoms. The second-order valence-corrected chi connectivity index (χ2v) is 7.72. The summed E-state index contributed by atoms with van der Waals surface area (Å²) in [6, 6.07) is 2.92. The first-order valence-electron chi connectivity index (χ1n) is 5.48. The van der Waals surface area contributed by atoms with Crippen LogP contribution in [-0.4, -0.2) is 39.9 Å². The molecule has 1 aromatic carbocycles. The molecule has 0 aromatic heterocycles. The van der Waals surface area contributed by atoms with Crippen molar-refractivity contribution in [3.8, 4) is 0 Å². The van der Waals surface area contributed by atoms with E-state index in [4.69, 9.17) is 5.11 Å². The fourth-order valence-electron chi connectivity index (χ4n) is 1.32. The molecule has 8 nitrogen and oxygen atoms in total. The predicted octanol–water partition coefficient (Wildman–Crippen LogP) is 0.414. The normalized spacial score (nSPS) is 11.9. The summed E-state index contributed by atoms with van der Waals surface area (Å²) in [6.45, 7) is 0. The third kappa shape index (κ3) is 6.40. The molecular formula is C10H13FN2O6S2. The molecular weight excluding hydrogens is 327 g/mol. The summed E-state index contributed by atoms with van der Waals surface area (Å²) < 4.78 is 62.6. The second-order valence-electron chi connectivity index (χ2n) is 4.13. The number of hydrogen-bond donors (Lipinski definition) is 3. The SMILES string of the molecule is CS(=O)(=O)Nc1cc(NS(=O)(=O)CCC(=O)O)ccc1F. The maximum absolute atomic E-state index is 13.4. The van der Waals surface area contributed by atoms with E-state index in [-0.39, 0.29) is 5.69 Å². The lowest BCUT2D eigenvalue weighted by molar-refractivity contribution is -0.136. The molecule has 0 heterocycles. The molecule has 3 N–H and O–H groups in total. The Morgan fingerprint density at radius 1 is 1.24 bits per heavy atom. The lowest BCUT2D eigenvalue weighted by Gasteiger charge is -2.10. The number of carbonyl (C=O) groups is 1. The highest BCUT2D eigenvalue weighted by atomic mass is 32.2. The molecule has 0 fully saturated rings. The lowest BCUT2D eigenvalue weighted by atomic mass is 10.3. The van der Waals surface area contributed by atoms with Gasteiger partial charge in [0.1, 0.15) is 5.82 Å². The molecule has 0 amide bonds. The van der Waals surface area contributed by atoms with Crippen LogP contribution in [0.15, 0.2) is 18.2 Å². The average molecular weight is 340 g/mol. The molecule has 21 heavy (non-hydrogen) atoms. The number of aliphatic carboxylic acids is 1. The van der Waals surface area contributed by atoms with Crippen LogP contribution in [0.25, 0.3) is 0 Å². The summed E-state index contributed by atoms with van der Waals surface area (Å²) in [6.07, 6.45) is 0.223. The summed E-state index contributed by atoms with van der Waals surface area (Å²) >= 11 is 0. The van der Waals surface area contributed by atoms with E-state index in [9.17, 15) is 26.0 Å². The zero-order valence-electron chi connectivity index (χ0n) is 10.8. The second kappa shape index (κ2) is 6.26. The van der Waals surface area contributed by atoms with Gasteiger partial charge in [-0.15, -0.1) is 0 Å². The number of benzene rings is 1. The van der Waals surface area contributed by atoms with Crippen molar-refractivity contribution in [2.75, 3.05) is 21.5 Å². The van der Waals surface area contributed by atoms with Crippen LogP contribution in [0.4, 0.5) is 15.8 Å². The van der Waals surface area contributed by atoms with Crippen LogP contribution >= 0.6 is 0 Å². The van der Waals surface area contributed by atoms with Gasteiger partial charge in [-0.2, -0.15) is 0 Å². The van der Waals surface area contributed by atoms with E-state index < -0.39 is 49.7 Å². The largest absolute Gasteiger partial charge is 0.481 e. The lowest BCUT2D eigenvalue weighted by Crippen LogP contribution is -2.19. The number of nitrogens with one attached hydrogen (secondary N) is 2. The molecule has 0 saturated heterocycles. The van der Waals surface area contributed by atoms with E-state index in [2.05, 4.69) is 0 Å². The van der Waals surface area contributed by atoms with Gasteiger partial charge in [-0.3, -0.25) is 14.2 Å². The van der Waals surface area contributed by atoms with Gasteiger partial charge < -0.3 is 5.11 Å². The first-order valence-corrected chi connectivity index (χ1v) is 9.02. The molecule has 0 aliphatic rings. The molecule has 0 radical (unpaired) electrons. The molecule has 0 atom stereocenters. The minimum absolute atomic E-state index is 0.0899. The predicted molar refractivity (Wildman–Crippen MR) is 74.5 cm³/mol. The van der Waals surface area contributed by atoms with Crippen molar-refractivity contribution in [3.63, 3.8) is 0 Å². The van der Waals surface area contributed by atoms with Crippen molar-refractivity contribution >= 4 is 37.4 Å². The van der Waals surface area contributed by atoms with Crippen molar-refractivity contribution in [2.24, 2.45) is 0 Å². The highest BCUT2D eigenvalue weighted by molar-refractivity contribution is 7.92. The van der Waals surface area contributed by atoms with Crippen LogP contribution < -0.4 is 9.44 Å². The van der Waals surface area contributed by atoms with Crippen molar-refractivity contribution in [1.82, 2.24) is 0 Å². The van der Waals surface area contributed by atoms with Crippen LogP contribution in [0.3, 0.4) is 0 Å². The molecule has 0 aliphatic heterocycles. The Hall–Kier alpha value is -1.88. The molecule has 11 heteroatoms. The number of sulfonamides is 2. The maximum Gasteiger partial charge on any atom is 0.304 e. The average Bonchev–Trinajstić information content (AvgIpc) is 2.29. The summed E-state index contributed by atoms with van der Waals surface area (Å²) in [5.74, 6) is -2.82. The van der Waals surface area contributed by atoms with Crippen LogP contribution in [-0.2, 0) is 24.8 Å². The first-order chi connectivity index (χ1) is 9.48. The summed E-state index contributed by atoms with van der Waals surface area (Å²) in [5.41, 5.74) is -0.510. The summed E-state index contributed by atoms with van der Waals surface area (Å²) in [7, 11) is -7.66. The third-order valence-corrected chi connectivity index (χ3v) is 4.00. The number of hydrogen-bond acceptors (Lipinski definition) is 5. The minimum atomic E-state index is -3.93. The third-order valence-electron chi connectivity index (χ3n) is 2.12. The van der Waals surface area contributed by atoms with E-state index in [1.807, 2.05) is 9.44 Å². The highest BCUT2D eigenvalue weighted by Gasteiger charge is 2.15. The van der Waals surface area contributed by atoms with E-state index >= 15 is 0 Å². The van der Waals surface area contributed by atoms with Crippen molar-refractivity contribution < 1.29 is 31.1 Å². The van der Waals surface area contributed by atoms with Gasteiger partial charge in [-0.25, -0.2) is 21.2 Å². The van der Waals surface area contributed by atoms with Crippen LogP contribution in [0.2, 0.25) is 0 Å². The standard InChI is InChI=1S/C10H13FN2O6S2/c1-20(16,17)13-9-6-7(2-3-8(9)11)12-21(18,19)5-4-10(14)15/h2-3,6,12-13H,4-5H2,1H3,(H,14,15). The van der Waals surface area contributed by atoms with Gasteiger partial charge in [0, 0.05) is 0 Å². The highest BCUT2D eigenvalue weighted by Crippen LogP contribution is 2.21. The Balaban J connectivity index is 2.95. The topological polar surface area (TPSA) is 130 Å². The van der Waals surface area contributed by atoms with E-state index in [0.717, 1.165) is 24.5 Å². The van der Waals surface area contributed by atoms with Crippen LogP contribution in [0, 0.1) is 5.82 Å². The van der Waals surface area contributed by atoms with E-state index in [1.165, 1.54) is 0 Å². The molecule has 0 unspecified atom stereocenters. The molecule has 0 saturated carbocycles.